The second-order valence-corrected chi connectivity index (χ2v) is 12.4. The fourth-order valence-corrected chi connectivity index (χ4v) is 8.46. The molecule has 4 aliphatic rings. The second kappa shape index (κ2) is 7.99. The number of carbonyl (C=O) groups is 2. The first kappa shape index (κ1) is 23.0. The predicted molar refractivity (Wildman–Crippen MR) is 128 cm³/mol. The SMILES string of the molecule is C=C(CC[C@@H](C)[C@H]1CC[C@H]2C3=C(C(=O)C[C@]12C)[C@@]1(C)CCC(=O)[C@@H](C)[C@H]1CC3)C(C)C. The van der Waals surface area contributed by atoms with Gasteiger partial charge in [-0.05, 0) is 85.4 Å². The normalized spacial score (nSPS) is 41.1. The van der Waals surface area contributed by atoms with Crippen molar-refractivity contribution in [3.63, 3.8) is 0 Å². The first-order valence-corrected chi connectivity index (χ1v) is 13.0. The van der Waals surface area contributed by atoms with Crippen LogP contribution in [0.4, 0.5) is 0 Å². The van der Waals surface area contributed by atoms with E-state index in [1.54, 1.807) is 0 Å². The molecule has 2 nitrogen and oxygen atoms in total. The maximum Gasteiger partial charge on any atom is 0.159 e. The highest BCUT2D eigenvalue weighted by Crippen LogP contribution is 2.65. The lowest BCUT2D eigenvalue weighted by Gasteiger charge is -2.54. The summed E-state index contributed by atoms with van der Waals surface area (Å²) in [7, 11) is 0. The van der Waals surface area contributed by atoms with Gasteiger partial charge in [0.25, 0.3) is 0 Å². The average Bonchev–Trinajstić information content (AvgIpc) is 3.05. The van der Waals surface area contributed by atoms with Crippen LogP contribution in [-0.4, -0.2) is 11.6 Å². The highest BCUT2D eigenvalue weighted by molar-refractivity contribution is 6.00. The number of ketones is 2. The van der Waals surface area contributed by atoms with Gasteiger partial charge in [-0.3, -0.25) is 9.59 Å². The topological polar surface area (TPSA) is 34.1 Å². The number of rotatable bonds is 5. The number of fused-ring (bicyclic) bond motifs is 4. The number of hydrogen-bond acceptors (Lipinski definition) is 2. The van der Waals surface area contributed by atoms with E-state index < -0.39 is 0 Å². The molecule has 4 aliphatic carbocycles. The third kappa shape index (κ3) is 3.51. The fraction of sp³-hybridized carbons (Fsp3) is 0.793. The van der Waals surface area contributed by atoms with Crippen LogP contribution >= 0.6 is 0 Å². The van der Waals surface area contributed by atoms with Gasteiger partial charge in [0.2, 0.25) is 0 Å². The first-order valence-electron chi connectivity index (χ1n) is 13.0. The third-order valence-electron chi connectivity index (χ3n) is 10.5. The van der Waals surface area contributed by atoms with Gasteiger partial charge in [0, 0.05) is 24.3 Å². The van der Waals surface area contributed by atoms with Crippen LogP contribution in [0.2, 0.25) is 0 Å². The Morgan fingerprint density at radius 2 is 1.81 bits per heavy atom. The molecule has 2 fully saturated rings. The Bertz CT molecular complexity index is 817. The zero-order valence-corrected chi connectivity index (χ0v) is 20.9. The van der Waals surface area contributed by atoms with Crippen LogP contribution in [-0.2, 0) is 9.59 Å². The van der Waals surface area contributed by atoms with E-state index in [9.17, 15) is 9.59 Å². The Labute approximate surface area is 190 Å². The molecule has 0 unspecified atom stereocenters. The summed E-state index contributed by atoms with van der Waals surface area (Å²) in [5.74, 6) is 3.71. The number of hydrogen-bond donors (Lipinski definition) is 0. The lowest BCUT2D eigenvalue weighted by molar-refractivity contribution is -0.133. The standard InChI is InChI=1S/C29H44O2/c1-17(2)18(3)8-9-19(4)22-12-13-24-21-10-11-23-20(5)25(30)14-15-28(23,6)27(21)26(31)16-29(22,24)7/h17,19-20,22-24H,3,8-16H2,1-2,4-7H3/t19-,20+,22-,23-,24+,28+,29-/m1/s1. The quantitative estimate of drug-likeness (QED) is 0.433. The van der Waals surface area contributed by atoms with E-state index in [-0.39, 0.29) is 16.7 Å². The van der Waals surface area contributed by atoms with Gasteiger partial charge in [0.1, 0.15) is 5.78 Å². The van der Waals surface area contributed by atoms with E-state index in [2.05, 4.69) is 48.1 Å². The number of carbonyl (C=O) groups excluding carboxylic acids is 2. The van der Waals surface area contributed by atoms with Crippen LogP contribution in [0.1, 0.15) is 99.3 Å². The molecule has 0 saturated heterocycles. The second-order valence-electron chi connectivity index (χ2n) is 12.4. The maximum atomic E-state index is 13.8. The minimum Gasteiger partial charge on any atom is -0.299 e. The van der Waals surface area contributed by atoms with Crippen LogP contribution < -0.4 is 0 Å². The van der Waals surface area contributed by atoms with E-state index in [0.717, 1.165) is 32.1 Å². The maximum absolute atomic E-state index is 13.8. The Kier molecular flexibility index (Phi) is 5.93. The molecule has 0 spiro atoms. The van der Waals surface area contributed by atoms with Crippen molar-refractivity contribution in [1.82, 2.24) is 0 Å². The van der Waals surface area contributed by atoms with Crippen LogP contribution in [0, 0.1) is 46.3 Å². The molecule has 31 heavy (non-hydrogen) atoms. The molecule has 0 aromatic carbocycles. The van der Waals surface area contributed by atoms with Crippen molar-refractivity contribution in [3.05, 3.63) is 23.3 Å². The predicted octanol–water partition coefficient (Wildman–Crippen LogP) is 7.33. The highest BCUT2D eigenvalue weighted by Gasteiger charge is 2.59. The van der Waals surface area contributed by atoms with Crippen molar-refractivity contribution in [2.75, 3.05) is 0 Å². The van der Waals surface area contributed by atoms with Gasteiger partial charge in [-0.2, -0.15) is 0 Å². The minimum atomic E-state index is -0.0714. The third-order valence-corrected chi connectivity index (χ3v) is 10.5. The van der Waals surface area contributed by atoms with Crippen LogP contribution in [0.5, 0.6) is 0 Å². The van der Waals surface area contributed by atoms with Crippen LogP contribution in [0.3, 0.4) is 0 Å². The Hall–Kier alpha value is -1.18. The molecular formula is C29H44O2. The van der Waals surface area contributed by atoms with Crippen molar-refractivity contribution in [1.29, 1.82) is 0 Å². The summed E-state index contributed by atoms with van der Waals surface area (Å²) < 4.78 is 0. The Balaban J connectivity index is 1.61. The van der Waals surface area contributed by atoms with Crippen molar-refractivity contribution in [2.24, 2.45) is 46.3 Å². The summed E-state index contributed by atoms with van der Waals surface area (Å²) in [5, 5.41) is 0. The zero-order valence-electron chi connectivity index (χ0n) is 20.9. The van der Waals surface area contributed by atoms with Crippen molar-refractivity contribution < 1.29 is 9.59 Å². The first-order chi connectivity index (χ1) is 14.5. The van der Waals surface area contributed by atoms with Gasteiger partial charge >= 0.3 is 0 Å². The van der Waals surface area contributed by atoms with Crippen LogP contribution in [0.15, 0.2) is 23.3 Å². The van der Waals surface area contributed by atoms with Gasteiger partial charge < -0.3 is 0 Å². The molecule has 172 valence electrons. The lowest BCUT2D eigenvalue weighted by Crippen LogP contribution is -2.50. The van der Waals surface area contributed by atoms with E-state index in [4.69, 9.17) is 0 Å². The van der Waals surface area contributed by atoms with Crippen LogP contribution in [0.25, 0.3) is 0 Å². The molecule has 0 aromatic heterocycles. The van der Waals surface area contributed by atoms with E-state index in [0.29, 0.717) is 47.6 Å². The van der Waals surface area contributed by atoms with E-state index in [1.807, 2.05) is 0 Å². The Morgan fingerprint density at radius 1 is 1.10 bits per heavy atom. The average molecular weight is 425 g/mol. The van der Waals surface area contributed by atoms with Gasteiger partial charge in [-0.1, -0.05) is 59.3 Å². The summed E-state index contributed by atoms with van der Waals surface area (Å²) in [5.41, 5.74) is 4.11. The van der Waals surface area contributed by atoms with Gasteiger partial charge in [-0.15, -0.1) is 0 Å². The summed E-state index contributed by atoms with van der Waals surface area (Å²) in [4.78, 5) is 26.2. The Morgan fingerprint density at radius 3 is 2.48 bits per heavy atom. The molecule has 2 heteroatoms. The lowest BCUT2D eigenvalue weighted by atomic mass is 9.48. The molecule has 0 bridgehead atoms. The molecule has 0 radical (unpaired) electrons. The molecule has 2 saturated carbocycles. The smallest absolute Gasteiger partial charge is 0.159 e. The van der Waals surface area contributed by atoms with Crippen molar-refractivity contribution in [3.8, 4) is 0 Å². The molecule has 0 heterocycles. The monoisotopic (exact) mass is 424 g/mol. The fourth-order valence-electron chi connectivity index (χ4n) is 8.46. The van der Waals surface area contributed by atoms with Crippen molar-refractivity contribution in [2.45, 2.75) is 99.3 Å². The largest absolute Gasteiger partial charge is 0.299 e. The van der Waals surface area contributed by atoms with Crippen molar-refractivity contribution >= 4 is 11.6 Å². The van der Waals surface area contributed by atoms with Gasteiger partial charge in [-0.25, -0.2) is 0 Å². The van der Waals surface area contributed by atoms with Gasteiger partial charge in [0.05, 0.1) is 0 Å². The molecule has 0 amide bonds. The molecule has 0 N–H and O–H groups in total. The number of allylic oxidation sites excluding steroid dienone is 3. The summed E-state index contributed by atoms with van der Waals surface area (Å²) >= 11 is 0. The van der Waals surface area contributed by atoms with E-state index in [1.165, 1.54) is 36.0 Å². The number of Topliss-reactive ketones (excluding diaryl/α,β-unsaturated/α-hetero) is 2. The summed E-state index contributed by atoms with van der Waals surface area (Å²) in [6.07, 6.45) is 9.22. The molecular weight excluding hydrogens is 380 g/mol. The summed E-state index contributed by atoms with van der Waals surface area (Å²) in [6, 6.07) is 0. The summed E-state index contributed by atoms with van der Waals surface area (Å²) in [6.45, 7) is 18.1. The minimum absolute atomic E-state index is 0.0714. The molecule has 0 aliphatic heterocycles. The molecule has 7 atom stereocenters. The molecule has 4 rings (SSSR count). The zero-order chi connectivity index (χ0) is 22.7. The van der Waals surface area contributed by atoms with Gasteiger partial charge in [0.15, 0.2) is 5.78 Å². The molecule has 0 aromatic rings. The van der Waals surface area contributed by atoms with E-state index >= 15 is 0 Å². The highest BCUT2D eigenvalue weighted by atomic mass is 16.1.